The van der Waals surface area contributed by atoms with Crippen LogP contribution >= 0.6 is 23.2 Å². The maximum atomic E-state index is 12.8. The number of aryl methyl sites for hydroxylation is 1. The summed E-state index contributed by atoms with van der Waals surface area (Å²) in [7, 11) is 0. The molecule has 0 saturated carbocycles. The lowest BCUT2D eigenvalue weighted by molar-refractivity contribution is -0.141. The fraction of sp³-hybridized carbons (Fsp3) is 0.476. The predicted molar refractivity (Wildman–Crippen MR) is 116 cm³/mol. The average Bonchev–Trinajstić information content (AvgIpc) is 2.70. The molecule has 1 aliphatic heterocycles. The van der Waals surface area contributed by atoms with Gasteiger partial charge in [0.15, 0.2) is 0 Å². The molecule has 1 atom stereocenters. The fourth-order valence-corrected chi connectivity index (χ4v) is 3.51. The minimum Gasteiger partial charge on any atom is -0.439 e. The van der Waals surface area contributed by atoms with Crippen molar-refractivity contribution in [3.8, 4) is 11.6 Å². The van der Waals surface area contributed by atoms with Gasteiger partial charge in [0.05, 0.1) is 5.41 Å². The summed E-state index contributed by atoms with van der Waals surface area (Å²) in [5.41, 5.74) is 0.373. The average molecular weight is 437 g/mol. The van der Waals surface area contributed by atoms with Gasteiger partial charge in [-0.15, -0.1) is 11.6 Å². The summed E-state index contributed by atoms with van der Waals surface area (Å²) in [6, 6.07) is 7.35. The monoisotopic (exact) mass is 436 g/mol. The highest BCUT2D eigenvalue weighted by Gasteiger charge is 2.36. The van der Waals surface area contributed by atoms with E-state index in [-0.39, 0.29) is 11.9 Å². The lowest BCUT2D eigenvalue weighted by Crippen LogP contribution is -2.57. The number of rotatable bonds is 5. The van der Waals surface area contributed by atoms with Gasteiger partial charge in [0.25, 0.3) is 0 Å². The van der Waals surface area contributed by atoms with Crippen molar-refractivity contribution in [1.82, 2.24) is 14.9 Å². The number of ether oxygens (including phenoxy) is 1. The molecule has 3 rings (SSSR count). The van der Waals surface area contributed by atoms with Crippen molar-refractivity contribution >= 4 is 34.9 Å². The summed E-state index contributed by atoms with van der Waals surface area (Å²) >= 11 is 12.1. The van der Waals surface area contributed by atoms with Crippen molar-refractivity contribution in [2.75, 3.05) is 30.4 Å². The van der Waals surface area contributed by atoms with Crippen LogP contribution in [0.2, 0.25) is 5.02 Å². The van der Waals surface area contributed by atoms with Crippen LogP contribution in [-0.4, -0.2) is 52.3 Å². The van der Waals surface area contributed by atoms with Crippen LogP contribution in [-0.2, 0) is 4.79 Å². The third-order valence-electron chi connectivity index (χ3n) is 5.10. The summed E-state index contributed by atoms with van der Waals surface area (Å²) < 4.78 is 5.88. The predicted octanol–water partition coefficient (Wildman–Crippen LogP) is 4.53. The highest BCUT2D eigenvalue weighted by Crippen LogP contribution is 2.28. The van der Waals surface area contributed by atoms with Gasteiger partial charge in [-0.05, 0) is 51.5 Å². The van der Waals surface area contributed by atoms with Gasteiger partial charge in [-0.25, -0.2) is 9.97 Å². The molecule has 1 aromatic carbocycles. The van der Waals surface area contributed by atoms with Gasteiger partial charge in [0.1, 0.15) is 17.9 Å². The molecule has 0 N–H and O–H groups in total. The molecule has 1 aliphatic rings. The van der Waals surface area contributed by atoms with Crippen molar-refractivity contribution in [2.24, 2.45) is 5.41 Å². The highest BCUT2D eigenvalue weighted by molar-refractivity contribution is 6.31. The number of nitrogens with zero attached hydrogens (tertiary/aromatic N) is 4. The number of amides is 1. The van der Waals surface area contributed by atoms with Crippen LogP contribution < -0.4 is 9.64 Å². The van der Waals surface area contributed by atoms with E-state index in [0.29, 0.717) is 42.2 Å². The first-order valence-corrected chi connectivity index (χ1v) is 10.5. The zero-order chi connectivity index (χ0) is 21.2. The zero-order valence-electron chi connectivity index (χ0n) is 17.2. The van der Waals surface area contributed by atoms with E-state index < -0.39 is 5.41 Å². The summed E-state index contributed by atoms with van der Waals surface area (Å²) in [6.45, 7) is 9.72. The zero-order valence-corrected chi connectivity index (χ0v) is 18.7. The normalized spacial score (nSPS) is 17.4. The molecule has 6 nitrogen and oxygen atoms in total. The van der Waals surface area contributed by atoms with Crippen LogP contribution in [0.15, 0.2) is 30.6 Å². The lowest BCUT2D eigenvalue weighted by atomic mass is 9.93. The van der Waals surface area contributed by atoms with E-state index in [9.17, 15) is 4.79 Å². The molecule has 0 radical (unpaired) electrons. The number of alkyl halides is 1. The van der Waals surface area contributed by atoms with E-state index in [1.807, 2.05) is 50.8 Å². The van der Waals surface area contributed by atoms with Gasteiger partial charge in [-0.2, -0.15) is 0 Å². The number of piperazine rings is 1. The summed E-state index contributed by atoms with van der Waals surface area (Å²) in [4.78, 5) is 25.4. The second-order valence-electron chi connectivity index (χ2n) is 8.04. The van der Waals surface area contributed by atoms with Gasteiger partial charge < -0.3 is 14.5 Å². The Bertz CT molecular complexity index is 891. The Kier molecular flexibility index (Phi) is 6.54. The molecule has 1 unspecified atom stereocenters. The fourth-order valence-electron chi connectivity index (χ4n) is 3.27. The van der Waals surface area contributed by atoms with E-state index in [2.05, 4.69) is 14.9 Å². The van der Waals surface area contributed by atoms with E-state index in [0.717, 1.165) is 11.4 Å². The number of aromatic nitrogens is 2. The SMILES string of the molecule is Cc1cc(Oc2cc(N3CCN(C(=O)C(C)(C)CCl)C(C)C3)ncn2)ccc1Cl. The van der Waals surface area contributed by atoms with E-state index >= 15 is 0 Å². The van der Waals surface area contributed by atoms with Gasteiger partial charge in [0, 0.05) is 42.6 Å². The van der Waals surface area contributed by atoms with Crippen LogP contribution in [0, 0.1) is 12.3 Å². The Morgan fingerprint density at radius 3 is 2.69 bits per heavy atom. The molecule has 2 aromatic rings. The van der Waals surface area contributed by atoms with Crippen LogP contribution in [0.5, 0.6) is 11.6 Å². The first-order valence-electron chi connectivity index (χ1n) is 9.59. The number of benzene rings is 1. The maximum absolute atomic E-state index is 12.8. The largest absolute Gasteiger partial charge is 0.439 e. The Labute approximate surface area is 181 Å². The van der Waals surface area contributed by atoms with E-state index in [1.165, 1.54) is 6.33 Å². The number of hydrogen-bond donors (Lipinski definition) is 0. The molecular weight excluding hydrogens is 411 g/mol. The Morgan fingerprint density at radius 1 is 1.28 bits per heavy atom. The molecule has 1 saturated heterocycles. The van der Waals surface area contributed by atoms with Crippen LogP contribution in [0.4, 0.5) is 5.82 Å². The Morgan fingerprint density at radius 2 is 2.03 bits per heavy atom. The van der Waals surface area contributed by atoms with Crippen LogP contribution in [0.25, 0.3) is 0 Å². The van der Waals surface area contributed by atoms with Crippen molar-refractivity contribution in [3.05, 3.63) is 41.2 Å². The van der Waals surface area contributed by atoms with E-state index in [1.54, 1.807) is 6.07 Å². The Hall–Kier alpha value is -2.05. The number of carbonyl (C=O) groups is 1. The maximum Gasteiger partial charge on any atom is 0.229 e. The molecule has 0 bridgehead atoms. The topological polar surface area (TPSA) is 58.6 Å². The molecule has 1 amide bonds. The summed E-state index contributed by atoms with van der Waals surface area (Å²) in [5.74, 6) is 2.30. The first kappa shape index (κ1) is 21.7. The third-order valence-corrected chi connectivity index (χ3v) is 6.20. The first-order chi connectivity index (χ1) is 13.7. The van der Waals surface area contributed by atoms with Gasteiger partial charge in [-0.1, -0.05) is 11.6 Å². The summed E-state index contributed by atoms with van der Waals surface area (Å²) in [6.07, 6.45) is 1.49. The number of halogens is 2. The smallest absolute Gasteiger partial charge is 0.229 e. The van der Waals surface area contributed by atoms with Crippen molar-refractivity contribution in [1.29, 1.82) is 0 Å². The molecular formula is C21H26Cl2N4O2. The Balaban J connectivity index is 1.70. The molecule has 8 heteroatoms. The second kappa shape index (κ2) is 8.76. The molecule has 29 heavy (non-hydrogen) atoms. The second-order valence-corrected chi connectivity index (χ2v) is 8.71. The molecule has 0 spiro atoms. The number of hydrogen-bond acceptors (Lipinski definition) is 5. The quantitative estimate of drug-likeness (QED) is 0.644. The molecule has 1 aromatic heterocycles. The van der Waals surface area contributed by atoms with Gasteiger partial charge >= 0.3 is 0 Å². The number of carbonyl (C=O) groups excluding carboxylic acids is 1. The minimum absolute atomic E-state index is 0.0528. The standard InChI is InChI=1S/C21H26Cl2N4O2/c1-14-9-16(5-6-17(14)23)29-19-10-18(24-13-25-19)26-7-8-27(15(2)11-26)20(28)21(3,4)12-22/h5-6,9-10,13,15H,7-8,11-12H2,1-4H3. The van der Waals surface area contributed by atoms with Crippen molar-refractivity contribution in [2.45, 2.75) is 33.7 Å². The molecule has 1 fully saturated rings. The van der Waals surface area contributed by atoms with E-state index in [4.69, 9.17) is 27.9 Å². The van der Waals surface area contributed by atoms with Crippen molar-refractivity contribution < 1.29 is 9.53 Å². The minimum atomic E-state index is -0.565. The molecule has 2 heterocycles. The van der Waals surface area contributed by atoms with Crippen LogP contribution in [0.1, 0.15) is 26.3 Å². The molecule has 156 valence electrons. The van der Waals surface area contributed by atoms with Crippen LogP contribution in [0.3, 0.4) is 0 Å². The number of anilines is 1. The molecule has 0 aliphatic carbocycles. The lowest BCUT2D eigenvalue weighted by Gasteiger charge is -2.43. The van der Waals surface area contributed by atoms with Gasteiger partial charge in [0.2, 0.25) is 11.8 Å². The van der Waals surface area contributed by atoms with Crippen molar-refractivity contribution in [3.63, 3.8) is 0 Å². The summed E-state index contributed by atoms with van der Waals surface area (Å²) in [5, 5.41) is 0.694. The highest BCUT2D eigenvalue weighted by atomic mass is 35.5. The third kappa shape index (κ3) is 4.93. The van der Waals surface area contributed by atoms with Gasteiger partial charge in [-0.3, -0.25) is 4.79 Å².